The average Bonchev–Trinajstić information content (AvgIpc) is 3.20. The predicted molar refractivity (Wildman–Crippen MR) is 111 cm³/mol. The van der Waals surface area contributed by atoms with Crippen LogP contribution >= 0.6 is 0 Å². The van der Waals surface area contributed by atoms with Crippen LogP contribution in [0.25, 0.3) is 0 Å². The van der Waals surface area contributed by atoms with Crippen LogP contribution in [0, 0.1) is 6.92 Å². The molecule has 2 amide bonds. The zero-order valence-electron chi connectivity index (χ0n) is 16.4. The Kier molecular flexibility index (Phi) is 6.79. The maximum Gasteiger partial charge on any atom is 0.244 e. The highest BCUT2D eigenvalue weighted by atomic mass is 16.2. The summed E-state index contributed by atoms with van der Waals surface area (Å²) in [5.74, 6) is -0.227. The van der Waals surface area contributed by atoms with Crippen molar-refractivity contribution in [1.29, 1.82) is 0 Å². The Balaban J connectivity index is 1.61. The summed E-state index contributed by atoms with van der Waals surface area (Å²) in [6.45, 7) is 4.55. The zero-order chi connectivity index (χ0) is 19.9. The standard InChI is InChI=1S/C22H28N4O2/c1-3-13-26(15-21(27)23-18-12-8-7-9-16(18)2)22(28)20-14-19(24-25-20)17-10-5-4-6-11-17/h4-12,19-20,24-25H,3,13-15H2,1-2H3,(H,23,27). The number of rotatable bonds is 7. The molecule has 0 aromatic heterocycles. The van der Waals surface area contributed by atoms with Crippen molar-refractivity contribution in [1.82, 2.24) is 15.8 Å². The molecule has 0 aliphatic carbocycles. The Morgan fingerprint density at radius 1 is 1.07 bits per heavy atom. The van der Waals surface area contributed by atoms with E-state index in [2.05, 4.69) is 16.2 Å². The van der Waals surface area contributed by atoms with Crippen molar-refractivity contribution in [2.24, 2.45) is 0 Å². The molecule has 2 aromatic carbocycles. The van der Waals surface area contributed by atoms with E-state index in [-0.39, 0.29) is 30.4 Å². The molecule has 1 aliphatic heterocycles. The van der Waals surface area contributed by atoms with Crippen molar-refractivity contribution >= 4 is 17.5 Å². The molecule has 3 rings (SSSR count). The Bertz CT molecular complexity index is 809. The van der Waals surface area contributed by atoms with Gasteiger partial charge < -0.3 is 10.2 Å². The van der Waals surface area contributed by atoms with Crippen LogP contribution in [0.4, 0.5) is 5.69 Å². The van der Waals surface area contributed by atoms with Crippen LogP contribution in [0.15, 0.2) is 54.6 Å². The van der Waals surface area contributed by atoms with Gasteiger partial charge in [-0.1, -0.05) is 55.5 Å². The van der Waals surface area contributed by atoms with E-state index >= 15 is 0 Å². The van der Waals surface area contributed by atoms with Crippen LogP contribution in [0.1, 0.15) is 36.9 Å². The Morgan fingerprint density at radius 3 is 2.50 bits per heavy atom. The fraction of sp³-hybridized carbons (Fsp3) is 0.364. The van der Waals surface area contributed by atoms with Gasteiger partial charge in [-0.15, -0.1) is 0 Å². The van der Waals surface area contributed by atoms with Crippen LogP contribution in [0.2, 0.25) is 0 Å². The Morgan fingerprint density at radius 2 is 1.79 bits per heavy atom. The van der Waals surface area contributed by atoms with Gasteiger partial charge in [-0.05, 0) is 37.0 Å². The minimum Gasteiger partial charge on any atom is -0.332 e. The molecule has 2 unspecified atom stereocenters. The minimum absolute atomic E-state index is 0.0484. The van der Waals surface area contributed by atoms with Gasteiger partial charge in [0.15, 0.2) is 0 Å². The summed E-state index contributed by atoms with van der Waals surface area (Å²) in [6.07, 6.45) is 1.45. The van der Waals surface area contributed by atoms with Gasteiger partial charge >= 0.3 is 0 Å². The molecule has 3 N–H and O–H groups in total. The first-order chi connectivity index (χ1) is 13.6. The zero-order valence-corrected chi connectivity index (χ0v) is 16.4. The van der Waals surface area contributed by atoms with E-state index in [9.17, 15) is 9.59 Å². The third-order valence-corrected chi connectivity index (χ3v) is 4.96. The number of nitrogens with one attached hydrogen (secondary N) is 3. The molecule has 1 saturated heterocycles. The first kappa shape index (κ1) is 20.0. The quantitative estimate of drug-likeness (QED) is 0.691. The highest BCUT2D eigenvalue weighted by Crippen LogP contribution is 2.23. The molecule has 2 aromatic rings. The molecule has 1 aliphatic rings. The van der Waals surface area contributed by atoms with Crippen LogP contribution in [-0.4, -0.2) is 35.8 Å². The van der Waals surface area contributed by atoms with Crippen molar-refractivity contribution in [3.63, 3.8) is 0 Å². The van der Waals surface area contributed by atoms with Gasteiger partial charge in [-0.25, -0.2) is 10.9 Å². The topological polar surface area (TPSA) is 73.5 Å². The van der Waals surface area contributed by atoms with Gasteiger partial charge in [0.25, 0.3) is 0 Å². The van der Waals surface area contributed by atoms with E-state index in [1.54, 1.807) is 4.90 Å². The highest BCUT2D eigenvalue weighted by Gasteiger charge is 2.33. The minimum atomic E-state index is -0.344. The number of para-hydroxylation sites is 1. The smallest absolute Gasteiger partial charge is 0.244 e. The first-order valence-electron chi connectivity index (χ1n) is 9.78. The number of amides is 2. The maximum absolute atomic E-state index is 13.0. The third-order valence-electron chi connectivity index (χ3n) is 4.96. The van der Waals surface area contributed by atoms with Crippen molar-refractivity contribution in [3.8, 4) is 0 Å². The maximum atomic E-state index is 13.0. The lowest BCUT2D eigenvalue weighted by atomic mass is 10.0. The molecule has 148 valence electrons. The normalized spacial score (nSPS) is 18.6. The molecule has 0 saturated carbocycles. The SMILES string of the molecule is CCCN(CC(=O)Nc1ccccc1C)C(=O)C1CC(c2ccccc2)NN1. The third kappa shape index (κ3) is 4.97. The molecule has 1 fully saturated rings. The first-order valence-corrected chi connectivity index (χ1v) is 9.78. The highest BCUT2D eigenvalue weighted by molar-refractivity contribution is 5.95. The molecule has 0 radical (unpaired) electrons. The average molecular weight is 380 g/mol. The lowest BCUT2D eigenvalue weighted by molar-refractivity contribution is -0.136. The van der Waals surface area contributed by atoms with E-state index in [0.717, 1.165) is 23.2 Å². The van der Waals surface area contributed by atoms with Gasteiger partial charge in [0.1, 0.15) is 6.04 Å². The van der Waals surface area contributed by atoms with Gasteiger partial charge in [-0.2, -0.15) is 0 Å². The number of anilines is 1. The summed E-state index contributed by atoms with van der Waals surface area (Å²) in [5, 5.41) is 2.91. The molecule has 0 bridgehead atoms. The summed E-state index contributed by atoms with van der Waals surface area (Å²) in [6, 6.07) is 17.4. The summed E-state index contributed by atoms with van der Waals surface area (Å²) in [5.41, 5.74) is 9.23. The van der Waals surface area contributed by atoms with E-state index in [1.807, 2.05) is 68.4 Å². The van der Waals surface area contributed by atoms with E-state index in [4.69, 9.17) is 0 Å². The second-order valence-corrected chi connectivity index (χ2v) is 7.16. The van der Waals surface area contributed by atoms with Gasteiger partial charge in [0.2, 0.25) is 11.8 Å². The number of hydrogen-bond acceptors (Lipinski definition) is 4. The lowest BCUT2D eigenvalue weighted by Crippen LogP contribution is -2.48. The summed E-state index contributed by atoms with van der Waals surface area (Å²) < 4.78 is 0. The van der Waals surface area contributed by atoms with Crippen molar-refractivity contribution < 1.29 is 9.59 Å². The number of aryl methyl sites for hydroxylation is 1. The molecule has 6 nitrogen and oxygen atoms in total. The number of nitrogens with zero attached hydrogens (tertiary/aromatic N) is 1. The van der Waals surface area contributed by atoms with Gasteiger partial charge in [0, 0.05) is 18.3 Å². The summed E-state index contributed by atoms with van der Waals surface area (Å²) >= 11 is 0. The fourth-order valence-electron chi connectivity index (χ4n) is 3.46. The summed E-state index contributed by atoms with van der Waals surface area (Å²) in [4.78, 5) is 27.2. The Hall–Kier alpha value is -2.70. The van der Waals surface area contributed by atoms with Crippen molar-refractivity contribution in [3.05, 3.63) is 65.7 Å². The molecule has 2 atom stereocenters. The van der Waals surface area contributed by atoms with E-state index in [1.165, 1.54) is 0 Å². The molecule has 1 heterocycles. The number of carbonyl (C=O) groups excluding carboxylic acids is 2. The number of hydrogen-bond donors (Lipinski definition) is 3. The molecule has 0 spiro atoms. The second-order valence-electron chi connectivity index (χ2n) is 7.16. The largest absolute Gasteiger partial charge is 0.332 e. The van der Waals surface area contributed by atoms with E-state index < -0.39 is 0 Å². The van der Waals surface area contributed by atoms with Gasteiger partial charge in [-0.3, -0.25) is 9.59 Å². The monoisotopic (exact) mass is 380 g/mol. The summed E-state index contributed by atoms with van der Waals surface area (Å²) in [7, 11) is 0. The van der Waals surface area contributed by atoms with Crippen LogP contribution in [0.5, 0.6) is 0 Å². The van der Waals surface area contributed by atoms with Crippen molar-refractivity contribution in [2.75, 3.05) is 18.4 Å². The van der Waals surface area contributed by atoms with Crippen LogP contribution in [0.3, 0.4) is 0 Å². The van der Waals surface area contributed by atoms with Crippen LogP contribution in [-0.2, 0) is 9.59 Å². The number of hydrazine groups is 1. The number of benzene rings is 2. The lowest BCUT2D eigenvalue weighted by Gasteiger charge is -2.24. The number of carbonyl (C=O) groups is 2. The van der Waals surface area contributed by atoms with Crippen LogP contribution < -0.4 is 16.2 Å². The molecular weight excluding hydrogens is 352 g/mol. The predicted octanol–water partition coefficient (Wildman–Crippen LogP) is 2.78. The fourth-order valence-corrected chi connectivity index (χ4v) is 3.46. The molecule has 6 heteroatoms. The van der Waals surface area contributed by atoms with Gasteiger partial charge in [0.05, 0.1) is 6.54 Å². The Labute approximate surface area is 166 Å². The molecular formula is C22H28N4O2. The van der Waals surface area contributed by atoms with Crippen molar-refractivity contribution in [2.45, 2.75) is 38.8 Å². The second kappa shape index (κ2) is 9.48. The van der Waals surface area contributed by atoms with E-state index in [0.29, 0.717) is 13.0 Å². The molecule has 28 heavy (non-hydrogen) atoms.